The third-order valence-electron chi connectivity index (χ3n) is 4.51. The zero-order chi connectivity index (χ0) is 20.1. The van der Waals surface area contributed by atoms with Crippen LogP contribution in [0.2, 0.25) is 10.0 Å². The lowest BCUT2D eigenvalue weighted by Crippen LogP contribution is -2.08. The molecule has 1 heterocycles. The molecule has 0 amide bonds. The van der Waals surface area contributed by atoms with Crippen molar-refractivity contribution in [2.45, 2.75) is 6.18 Å². The van der Waals surface area contributed by atoms with Crippen molar-refractivity contribution in [2.75, 3.05) is 0 Å². The van der Waals surface area contributed by atoms with Gasteiger partial charge in [-0.25, -0.2) is 0 Å². The summed E-state index contributed by atoms with van der Waals surface area (Å²) in [4.78, 5) is 0. The van der Waals surface area contributed by atoms with Crippen LogP contribution < -0.4 is 0 Å². The molecule has 0 aliphatic rings. The first-order valence-electron chi connectivity index (χ1n) is 8.21. The van der Waals surface area contributed by atoms with E-state index in [0.29, 0.717) is 21.4 Å². The number of alkyl halides is 3. The lowest BCUT2D eigenvalue weighted by atomic mass is 10.0. The molecule has 28 heavy (non-hydrogen) atoms. The molecule has 142 valence electrons. The summed E-state index contributed by atoms with van der Waals surface area (Å²) >= 11 is 12.3. The van der Waals surface area contributed by atoms with Gasteiger partial charge < -0.3 is 4.57 Å². The van der Waals surface area contributed by atoms with Crippen molar-refractivity contribution in [1.82, 2.24) is 14.8 Å². The van der Waals surface area contributed by atoms with Crippen LogP contribution in [0.5, 0.6) is 0 Å². The van der Waals surface area contributed by atoms with Gasteiger partial charge in [-0.3, -0.25) is 0 Å². The van der Waals surface area contributed by atoms with Gasteiger partial charge in [0.1, 0.15) is 0 Å². The number of benzene rings is 3. The Kier molecular flexibility index (Phi) is 4.56. The first kappa shape index (κ1) is 18.8. The normalized spacial score (nSPS) is 11.9. The first-order valence-corrected chi connectivity index (χ1v) is 8.97. The number of rotatable bonds is 2. The number of aromatic nitrogens is 3. The Balaban J connectivity index is 1.93. The zero-order valence-electron chi connectivity index (χ0n) is 14.4. The fourth-order valence-electron chi connectivity index (χ4n) is 3.20. The lowest BCUT2D eigenvalue weighted by Gasteiger charge is -2.13. The largest absolute Gasteiger partial charge is 0.417 e. The minimum absolute atomic E-state index is 0.0300. The smallest absolute Gasteiger partial charge is 0.310 e. The van der Waals surface area contributed by atoms with E-state index in [9.17, 15) is 13.2 Å². The Hall–Kier alpha value is -2.57. The molecule has 0 bridgehead atoms. The quantitative estimate of drug-likeness (QED) is 0.363. The third kappa shape index (κ3) is 3.12. The molecule has 4 rings (SSSR count). The van der Waals surface area contributed by atoms with Crippen LogP contribution in [0.15, 0.2) is 54.6 Å². The van der Waals surface area contributed by atoms with Crippen molar-refractivity contribution in [3.05, 3.63) is 70.2 Å². The summed E-state index contributed by atoms with van der Waals surface area (Å²) in [7, 11) is 1.63. The fraction of sp³-hybridized carbons (Fsp3) is 0.100. The summed E-state index contributed by atoms with van der Waals surface area (Å²) in [5.41, 5.74) is -0.0934. The molecule has 0 N–H and O–H groups in total. The van der Waals surface area contributed by atoms with E-state index in [4.69, 9.17) is 23.2 Å². The molecule has 8 heteroatoms. The van der Waals surface area contributed by atoms with Gasteiger partial charge in [0.2, 0.25) is 0 Å². The Labute approximate surface area is 168 Å². The molecule has 0 saturated heterocycles. The summed E-state index contributed by atoms with van der Waals surface area (Å²) in [6.45, 7) is 0. The SMILES string of the molecule is Cn1c(-c2ccccc2C(F)(F)F)nnc1-c1ccc(Cl)c2cc(Cl)ccc12. The predicted octanol–water partition coefficient (Wildman–Crippen LogP) is 6.63. The Morgan fingerprint density at radius 1 is 0.821 bits per heavy atom. The molecule has 1 aromatic heterocycles. The summed E-state index contributed by atoms with van der Waals surface area (Å²) in [6.07, 6.45) is -4.49. The van der Waals surface area contributed by atoms with Gasteiger partial charge in [0.05, 0.1) is 5.56 Å². The summed E-state index contributed by atoms with van der Waals surface area (Å²) < 4.78 is 41.7. The van der Waals surface area contributed by atoms with E-state index < -0.39 is 11.7 Å². The van der Waals surface area contributed by atoms with Crippen molar-refractivity contribution >= 4 is 34.0 Å². The van der Waals surface area contributed by atoms with Crippen molar-refractivity contribution in [2.24, 2.45) is 7.05 Å². The van der Waals surface area contributed by atoms with Crippen LogP contribution in [0.1, 0.15) is 5.56 Å². The molecule has 0 aliphatic heterocycles. The standard InChI is InChI=1S/C20H12Cl2F3N3/c1-28-18(13-8-9-17(22)15-10-11(21)6-7-12(13)15)26-27-19(28)14-4-2-3-5-16(14)20(23,24)25/h2-10H,1H3. The van der Waals surface area contributed by atoms with Gasteiger partial charge in [-0.05, 0) is 35.7 Å². The molecule has 0 spiro atoms. The predicted molar refractivity (Wildman–Crippen MR) is 104 cm³/mol. The van der Waals surface area contributed by atoms with E-state index in [1.807, 2.05) is 0 Å². The summed E-state index contributed by atoms with van der Waals surface area (Å²) in [6, 6.07) is 14.0. The number of hydrogen-bond acceptors (Lipinski definition) is 2. The fourth-order valence-corrected chi connectivity index (χ4v) is 3.60. The maximum Gasteiger partial charge on any atom is 0.417 e. The Morgan fingerprint density at radius 3 is 2.21 bits per heavy atom. The van der Waals surface area contributed by atoms with E-state index >= 15 is 0 Å². The van der Waals surface area contributed by atoms with Crippen molar-refractivity contribution in [3.63, 3.8) is 0 Å². The zero-order valence-corrected chi connectivity index (χ0v) is 15.9. The number of nitrogens with zero attached hydrogens (tertiary/aromatic N) is 3. The Bertz CT molecular complexity index is 1200. The van der Waals surface area contributed by atoms with E-state index in [-0.39, 0.29) is 11.4 Å². The summed E-state index contributed by atoms with van der Waals surface area (Å²) in [5.74, 6) is 0.552. The second-order valence-electron chi connectivity index (χ2n) is 6.23. The maximum absolute atomic E-state index is 13.4. The third-order valence-corrected chi connectivity index (χ3v) is 5.08. The molecule has 0 unspecified atom stereocenters. The number of halogens is 5. The second kappa shape index (κ2) is 6.79. The topological polar surface area (TPSA) is 30.7 Å². The molecule has 0 aliphatic carbocycles. The van der Waals surface area contributed by atoms with Crippen LogP contribution in [0.4, 0.5) is 13.2 Å². The lowest BCUT2D eigenvalue weighted by molar-refractivity contribution is -0.137. The molecular formula is C20H12Cl2F3N3. The molecule has 4 aromatic rings. The van der Waals surface area contributed by atoms with Gasteiger partial charge in [0.25, 0.3) is 0 Å². The van der Waals surface area contributed by atoms with Crippen LogP contribution in [0, 0.1) is 0 Å². The van der Waals surface area contributed by atoms with Gasteiger partial charge in [0, 0.05) is 33.6 Å². The average Bonchev–Trinajstić information content (AvgIpc) is 3.03. The molecule has 0 fully saturated rings. The van der Waals surface area contributed by atoms with Gasteiger partial charge in [-0.2, -0.15) is 13.2 Å². The van der Waals surface area contributed by atoms with Crippen LogP contribution in [-0.4, -0.2) is 14.8 Å². The number of hydrogen-bond donors (Lipinski definition) is 0. The minimum atomic E-state index is -4.49. The first-order chi connectivity index (χ1) is 13.3. The van der Waals surface area contributed by atoms with E-state index in [1.54, 1.807) is 48.0 Å². The van der Waals surface area contributed by atoms with Crippen LogP contribution >= 0.6 is 23.2 Å². The van der Waals surface area contributed by atoms with Crippen molar-refractivity contribution < 1.29 is 13.2 Å². The van der Waals surface area contributed by atoms with Gasteiger partial charge in [-0.15, -0.1) is 10.2 Å². The molecule has 0 saturated carbocycles. The van der Waals surface area contributed by atoms with Crippen LogP contribution in [-0.2, 0) is 13.2 Å². The van der Waals surface area contributed by atoms with Gasteiger partial charge in [0.15, 0.2) is 11.6 Å². The van der Waals surface area contributed by atoms with Gasteiger partial charge >= 0.3 is 6.18 Å². The van der Waals surface area contributed by atoms with Gasteiger partial charge in [-0.1, -0.05) is 47.5 Å². The summed E-state index contributed by atoms with van der Waals surface area (Å²) in [5, 5.41) is 10.8. The molecule has 3 nitrogen and oxygen atoms in total. The van der Waals surface area contributed by atoms with Crippen LogP contribution in [0.3, 0.4) is 0 Å². The molecule has 0 radical (unpaired) electrons. The Morgan fingerprint density at radius 2 is 1.50 bits per heavy atom. The molecule has 3 aromatic carbocycles. The van der Waals surface area contributed by atoms with Crippen LogP contribution in [0.25, 0.3) is 33.5 Å². The minimum Gasteiger partial charge on any atom is -0.310 e. The molecular weight excluding hydrogens is 410 g/mol. The van der Waals surface area contributed by atoms with Crippen molar-refractivity contribution in [1.29, 1.82) is 0 Å². The maximum atomic E-state index is 13.4. The van der Waals surface area contributed by atoms with Crippen molar-refractivity contribution in [3.8, 4) is 22.8 Å². The monoisotopic (exact) mass is 421 g/mol. The number of fused-ring (bicyclic) bond motifs is 1. The highest BCUT2D eigenvalue weighted by Gasteiger charge is 2.34. The highest BCUT2D eigenvalue weighted by molar-refractivity contribution is 6.37. The van der Waals surface area contributed by atoms with E-state index in [1.165, 1.54) is 12.1 Å². The highest BCUT2D eigenvalue weighted by Crippen LogP contribution is 2.38. The average molecular weight is 422 g/mol. The molecule has 0 atom stereocenters. The second-order valence-corrected chi connectivity index (χ2v) is 7.08. The van der Waals surface area contributed by atoms with E-state index in [2.05, 4.69) is 10.2 Å². The van der Waals surface area contributed by atoms with E-state index in [0.717, 1.165) is 16.8 Å². The highest BCUT2D eigenvalue weighted by atomic mass is 35.5.